The van der Waals surface area contributed by atoms with Gasteiger partial charge in [0, 0.05) is 45.0 Å². The van der Waals surface area contributed by atoms with Crippen LogP contribution in [0, 0.1) is 5.92 Å². The Labute approximate surface area is 189 Å². The quantitative estimate of drug-likeness (QED) is 0.659. The molecule has 0 spiro atoms. The Hall–Kier alpha value is -2.57. The fourth-order valence-corrected chi connectivity index (χ4v) is 3.94. The number of halogens is 1. The molecule has 2 N–H and O–H groups in total. The SMILES string of the molecule is CC(C)C(NC(=O)c1ccccc1Cl)C(=O)NCCN1CCN(c2ccccc2)CC1. The highest BCUT2D eigenvalue weighted by Gasteiger charge is 2.25. The molecule has 1 unspecified atom stereocenters. The van der Waals surface area contributed by atoms with Gasteiger partial charge in [0.1, 0.15) is 6.04 Å². The monoisotopic (exact) mass is 442 g/mol. The lowest BCUT2D eigenvalue weighted by molar-refractivity contribution is -0.124. The van der Waals surface area contributed by atoms with Gasteiger partial charge in [0.15, 0.2) is 0 Å². The zero-order chi connectivity index (χ0) is 22.2. The van der Waals surface area contributed by atoms with E-state index in [4.69, 9.17) is 11.6 Å². The number of hydrogen-bond donors (Lipinski definition) is 2. The number of carbonyl (C=O) groups is 2. The van der Waals surface area contributed by atoms with Crippen molar-refractivity contribution in [1.29, 1.82) is 0 Å². The minimum atomic E-state index is -0.612. The zero-order valence-electron chi connectivity index (χ0n) is 18.2. The molecule has 0 aliphatic carbocycles. The first-order chi connectivity index (χ1) is 15.0. The third-order valence-electron chi connectivity index (χ3n) is 5.58. The smallest absolute Gasteiger partial charge is 0.253 e. The molecule has 1 atom stereocenters. The maximum atomic E-state index is 12.7. The normalized spacial score (nSPS) is 15.5. The van der Waals surface area contributed by atoms with Crippen molar-refractivity contribution >= 4 is 29.1 Å². The first-order valence-electron chi connectivity index (χ1n) is 10.8. The number of hydrogen-bond acceptors (Lipinski definition) is 4. The summed E-state index contributed by atoms with van der Waals surface area (Å²) in [6.45, 7) is 9.04. The largest absolute Gasteiger partial charge is 0.369 e. The maximum absolute atomic E-state index is 12.7. The van der Waals surface area contributed by atoms with Gasteiger partial charge in [0.25, 0.3) is 5.91 Å². The van der Waals surface area contributed by atoms with Crippen LogP contribution in [0.25, 0.3) is 0 Å². The highest BCUT2D eigenvalue weighted by molar-refractivity contribution is 6.33. The standard InChI is InChI=1S/C24H31ClN4O2/c1-18(2)22(27-23(30)20-10-6-7-11-21(20)25)24(31)26-12-13-28-14-16-29(17-15-28)19-8-4-3-5-9-19/h3-11,18,22H,12-17H2,1-2H3,(H,26,31)(H,27,30). The van der Waals surface area contributed by atoms with Gasteiger partial charge in [-0.15, -0.1) is 0 Å². The number of rotatable bonds is 8. The van der Waals surface area contributed by atoms with E-state index in [0.717, 1.165) is 32.7 Å². The molecule has 2 aromatic rings. The second-order valence-corrected chi connectivity index (χ2v) is 8.54. The molecule has 1 aliphatic rings. The molecule has 1 saturated heterocycles. The number of para-hydroxylation sites is 1. The van der Waals surface area contributed by atoms with Crippen LogP contribution in [0.15, 0.2) is 54.6 Å². The first-order valence-corrected chi connectivity index (χ1v) is 11.2. The Balaban J connectivity index is 1.44. The molecule has 1 heterocycles. The van der Waals surface area contributed by atoms with Gasteiger partial charge >= 0.3 is 0 Å². The van der Waals surface area contributed by atoms with Crippen LogP contribution in [0.5, 0.6) is 0 Å². The van der Waals surface area contributed by atoms with Gasteiger partial charge < -0.3 is 15.5 Å². The lowest BCUT2D eigenvalue weighted by Gasteiger charge is -2.36. The lowest BCUT2D eigenvalue weighted by atomic mass is 10.0. The van der Waals surface area contributed by atoms with Crippen LogP contribution in [-0.4, -0.2) is 62.0 Å². The number of piperazine rings is 1. The Morgan fingerprint density at radius 1 is 0.968 bits per heavy atom. The fraction of sp³-hybridized carbons (Fsp3) is 0.417. The van der Waals surface area contributed by atoms with E-state index in [-0.39, 0.29) is 17.7 Å². The Morgan fingerprint density at radius 2 is 1.61 bits per heavy atom. The summed E-state index contributed by atoms with van der Waals surface area (Å²) in [5, 5.41) is 6.19. The van der Waals surface area contributed by atoms with Crippen LogP contribution in [-0.2, 0) is 4.79 Å². The summed E-state index contributed by atoms with van der Waals surface area (Å²) < 4.78 is 0. The molecule has 7 heteroatoms. The van der Waals surface area contributed by atoms with Crippen LogP contribution in [0.4, 0.5) is 5.69 Å². The molecule has 0 aromatic heterocycles. The summed E-state index contributed by atoms with van der Waals surface area (Å²) in [7, 11) is 0. The van der Waals surface area contributed by atoms with Crippen molar-refractivity contribution in [2.24, 2.45) is 5.92 Å². The van der Waals surface area contributed by atoms with Gasteiger partial charge in [-0.05, 0) is 30.2 Å². The fourth-order valence-electron chi connectivity index (χ4n) is 3.71. The molecule has 0 bridgehead atoms. The number of carbonyl (C=O) groups excluding carboxylic acids is 2. The molecule has 166 valence electrons. The molecular weight excluding hydrogens is 412 g/mol. The molecule has 1 aliphatic heterocycles. The summed E-state index contributed by atoms with van der Waals surface area (Å²) in [6, 6.07) is 16.7. The van der Waals surface area contributed by atoms with Gasteiger partial charge in [-0.1, -0.05) is 55.8 Å². The second kappa shape index (κ2) is 11.2. The average Bonchev–Trinajstić information content (AvgIpc) is 2.78. The Morgan fingerprint density at radius 3 is 2.26 bits per heavy atom. The minimum absolute atomic E-state index is 0.0409. The highest BCUT2D eigenvalue weighted by Crippen LogP contribution is 2.16. The number of amides is 2. The van der Waals surface area contributed by atoms with E-state index in [1.54, 1.807) is 24.3 Å². The predicted molar refractivity (Wildman–Crippen MR) is 126 cm³/mol. The van der Waals surface area contributed by atoms with Gasteiger partial charge in [-0.2, -0.15) is 0 Å². The van der Waals surface area contributed by atoms with Crippen LogP contribution in [0.2, 0.25) is 5.02 Å². The van der Waals surface area contributed by atoms with E-state index in [9.17, 15) is 9.59 Å². The van der Waals surface area contributed by atoms with Crippen LogP contribution in [0.3, 0.4) is 0 Å². The van der Waals surface area contributed by atoms with Crippen LogP contribution in [0.1, 0.15) is 24.2 Å². The molecule has 31 heavy (non-hydrogen) atoms. The minimum Gasteiger partial charge on any atom is -0.369 e. The molecule has 6 nitrogen and oxygen atoms in total. The first kappa shape index (κ1) is 23.1. The van der Waals surface area contributed by atoms with Crippen molar-refractivity contribution in [2.75, 3.05) is 44.2 Å². The highest BCUT2D eigenvalue weighted by atomic mass is 35.5. The summed E-state index contributed by atoms with van der Waals surface area (Å²) in [6.07, 6.45) is 0. The number of nitrogens with zero attached hydrogens (tertiary/aromatic N) is 2. The summed E-state index contributed by atoms with van der Waals surface area (Å²) >= 11 is 6.11. The topological polar surface area (TPSA) is 64.7 Å². The summed E-state index contributed by atoms with van der Waals surface area (Å²) in [4.78, 5) is 30.0. The van der Waals surface area contributed by atoms with Crippen molar-refractivity contribution in [3.63, 3.8) is 0 Å². The van der Waals surface area contributed by atoms with Crippen molar-refractivity contribution in [1.82, 2.24) is 15.5 Å². The Kier molecular flexibility index (Phi) is 8.32. The molecule has 2 aromatic carbocycles. The van der Waals surface area contributed by atoms with E-state index in [1.165, 1.54) is 5.69 Å². The number of nitrogens with one attached hydrogen (secondary N) is 2. The third-order valence-corrected chi connectivity index (χ3v) is 5.90. The van der Waals surface area contributed by atoms with E-state index in [2.05, 4.69) is 44.7 Å². The molecule has 2 amide bonds. The predicted octanol–water partition coefficient (Wildman–Crippen LogP) is 3.03. The van der Waals surface area contributed by atoms with Crippen molar-refractivity contribution in [2.45, 2.75) is 19.9 Å². The zero-order valence-corrected chi connectivity index (χ0v) is 18.9. The molecule has 0 radical (unpaired) electrons. The van der Waals surface area contributed by atoms with Crippen LogP contribution >= 0.6 is 11.6 Å². The summed E-state index contributed by atoms with van der Waals surface area (Å²) in [5.41, 5.74) is 1.63. The van der Waals surface area contributed by atoms with Gasteiger partial charge in [-0.25, -0.2) is 0 Å². The molecular formula is C24H31ClN4O2. The molecule has 3 rings (SSSR count). The van der Waals surface area contributed by atoms with Gasteiger partial charge in [-0.3, -0.25) is 14.5 Å². The summed E-state index contributed by atoms with van der Waals surface area (Å²) in [5.74, 6) is -0.546. The van der Waals surface area contributed by atoms with E-state index < -0.39 is 6.04 Å². The number of benzene rings is 2. The lowest BCUT2D eigenvalue weighted by Crippen LogP contribution is -2.52. The second-order valence-electron chi connectivity index (χ2n) is 8.13. The maximum Gasteiger partial charge on any atom is 0.253 e. The van der Waals surface area contributed by atoms with Crippen molar-refractivity contribution < 1.29 is 9.59 Å². The van der Waals surface area contributed by atoms with Crippen molar-refractivity contribution in [3.05, 3.63) is 65.2 Å². The van der Waals surface area contributed by atoms with Gasteiger partial charge in [0.05, 0.1) is 10.6 Å². The molecule has 0 saturated carbocycles. The van der Waals surface area contributed by atoms with Crippen LogP contribution < -0.4 is 15.5 Å². The van der Waals surface area contributed by atoms with Gasteiger partial charge in [0.2, 0.25) is 5.91 Å². The molecule has 1 fully saturated rings. The van der Waals surface area contributed by atoms with Crippen molar-refractivity contribution in [3.8, 4) is 0 Å². The Bertz CT molecular complexity index is 867. The average molecular weight is 443 g/mol. The third kappa shape index (κ3) is 6.45. The van der Waals surface area contributed by atoms with E-state index in [1.807, 2.05) is 19.9 Å². The number of anilines is 1. The van der Waals surface area contributed by atoms with E-state index in [0.29, 0.717) is 17.1 Å². The van der Waals surface area contributed by atoms with E-state index >= 15 is 0 Å².